The average Bonchev–Trinajstić information content (AvgIpc) is 2.60. The van der Waals surface area contributed by atoms with E-state index in [4.69, 9.17) is 0 Å². The summed E-state index contributed by atoms with van der Waals surface area (Å²) in [7, 11) is 0. The van der Waals surface area contributed by atoms with Crippen molar-refractivity contribution in [2.45, 2.75) is 19.3 Å². The molecule has 0 bridgehead atoms. The summed E-state index contributed by atoms with van der Waals surface area (Å²) in [5.41, 5.74) is 0.548. The first-order valence-electron chi connectivity index (χ1n) is 8.22. The van der Waals surface area contributed by atoms with E-state index in [-0.39, 0.29) is 0 Å². The van der Waals surface area contributed by atoms with Gasteiger partial charge in [-0.1, -0.05) is 6.07 Å². The highest BCUT2D eigenvalue weighted by Gasteiger charge is 2.30. The molecule has 1 saturated heterocycles. The van der Waals surface area contributed by atoms with Gasteiger partial charge in [-0.2, -0.15) is 13.2 Å². The minimum Gasteiger partial charge on any atom is -0.297 e. The number of benzene rings is 1. The van der Waals surface area contributed by atoms with Crippen LogP contribution in [-0.2, 0) is 19.3 Å². The topological polar surface area (TPSA) is 19.4 Å². The van der Waals surface area contributed by atoms with Crippen molar-refractivity contribution in [3.8, 4) is 0 Å². The molecule has 0 radical (unpaired) electrons. The van der Waals surface area contributed by atoms with E-state index >= 15 is 0 Å². The Kier molecular flexibility index (Phi) is 5.52. The first-order valence-corrected chi connectivity index (χ1v) is 8.22. The summed E-state index contributed by atoms with van der Waals surface area (Å²) in [5, 5.41) is 0. The smallest absolute Gasteiger partial charge is 0.297 e. The van der Waals surface area contributed by atoms with E-state index in [1.54, 1.807) is 6.07 Å². The number of nitrogens with zero attached hydrogens (tertiary/aromatic N) is 3. The monoisotopic (exact) mass is 371 g/mol. The van der Waals surface area contributed by atoms with Gasteiger partial charge in [-0.3, -0.25) is 14.8 Å². The number of halogens is 5. The van der Waals surface area contributed by atoms with Crippen LogP contribution in [0.3, 0.4) is 0 Å². The van der Waals surface area contributed by atoms with E-state index in [9.17, 15) is 22.0 Å². The average molecular weight is 371 g/mol. The first kappa shape index (κ1) is 18.7. The van der Waals surface area contributed by atoms with Crippen LogP contribution >= 0.6 is 0 Å². The number of hydrogen-bond acceptors (Lipinski definition) is 3. The summed E-state index contributed by atoms with van der Waals surface area (Å²) in [6, 6.07) is 6.33. The third kappa shape index (κ3) is 4.76. The third-order valence-electron chi connectivity index (χ3n) is 4.39. The second-order valence-corrected chi connectivity index (χ2v) is 6.34. The maximum atomic E-state index is 13.3. The van der Waals surface area contributed by atoms with Gasteiger partial charge in [0.05, 0.1) is 11.3 Å². The van der Waals surface area contributed by atoms with Gasteiger partial charge >= 0.3 is 6.18 Å². The van der Waals surface area contributed by atoms with Gasteiger partial charge in [0.2, 0.25) is 0 Å². The number of hydrogen-bond donors (Lipinski definition) is 0. The Labute approximate surface area is 148 Å². The SMILES string of the molecule is Fc1ccc(CN2CCN(Cc3ccc(C(F)(F)F)cn3)CC2)cc1F. The lowest BCUT2D eigenvalue weighted by molar-refractivity contribution is -0.137. The number of aromatic nitrogens is 1. The molecule has 1 aromatic carbocycles. The van der Waals surface area contributed by atoms with Crippen molar-refractivity contribution >= 4 is 0 Å². The van der Waals surface area contributed by atoms with Crippen molar-refractivity contribution < 1.29 is 22.0 Å². The molecule has 0 amide bonds. The molecular formula is C18H18F5N3. The summed E-state index contributed by atoms with van der Waals surface area (Å²) in [6.07, 6.45) is -3.52. The summed E-state index contributed by atoms with van der Waals surface area (Å²) in [5.74, 6) is -1.71. The minimum absolute atomic E-state index is 0.483. The van der Waals surface area contributed by atoms with Gasteiger partial charge in [-0.15, -0.1) is 0 Å². The Balaban J connectivity index is 1.50. The summed E-state index contributed by atoms with van der Waals surface area (Å²) < 4.78 is 63.9. The molecule has 1 fully saturated rings. The lowest BCUT2D eigenvalue weighted by Gasteiger charge is -2.34. The van der Waals surface area contributed by atoms with Crippen LogP contribution in [0.2, 0.25) is 0 Å². The van der Waals surface area contributed by atoms with Crippen LogP contribution in [0.5, 0.6) is 0 Å². The molecule has 1 aliphatic heterocycles. The Morgan fingerprint density at radius 3 is 2.04 bits per heavy atom. The number of piperazine rings is 1. The molecule has 1 aliphatic rings. The Morgan fingerprint density at radius 2 is 1.50 bits per heavy atom. The minimum atomic E-state index is -4.38. The van der Waals surface area contributed by atoms with Gasteiger partial charge in [0.15, 0.2) is 11.6 Å². The molecule has 0 aliphatic carbocycles. The lowest BCUT2D eigenvalue weighted by atomic mass is 10.2. The quantitative estimate of drug-likeness (QED) is 0.764. The molecular weight excluding hydrogens is 353 g/mol. The van der Waals surface area contributed by atoms with Crippen molar-refractivity contribution in [1.82, 2.24) is 14.8 Å². The highest BCUT2D eigenvalue weighted by molar-refractivity contribution is 5.18. The first-order chi connectivity index (χ1) is 12.3. The van der Waals surface area contributed by atoms with Gasteiger partial charge in [0.1, 0.15) is 0 Å². The number of alkyl halides is 3. The van der Waals surface area contributed by atoms with E-state index in [1.807, 2.05) is 0 Å². The predicted octanol–water partition coefficient (Wildman–Crippen LogP) is 3.70. The molecule has 0 spiro atoms. The van der Waals surface area contributed by atoms with E-state index < -0.39 is 23.4 Å². The largest absolute Gasteiger partial charge is 0.417 e. The van der Waals surface area contributed by atoms with Gasteiger partial charge in [0, 0.05) is 45.5 Å². The molecule has 0 N–H and O–H groups in total. The van der Waals surface area contributed by atoms with Crippen molar-refractivity contribution in [3.63, 3.8) is 0 Å². The van der Waals surface area contributed by atoms with Crippen LogP contribution in [-0.4, -0.2) is 41.0 Å². The lowest BCUT2D eigenvalue weighted by Crippen LogP contribution is -2.45. The van der Waals surface area contributed by atoms with Crippen molar-refractivity contribution in [2.24, 2.45) is 0 Å². The van der Waals surface area contributed by atoms with Crippen LogP contribution in [0.25, 0.3) is 0 Å². The number of pyridine rings is 1. The standard InChI is InChI=1S/C18H18F5N3/c19-16-4-1-13(9-17(16)20)11-25-5-7-26(8-6-25)12-15-3-2-14(10-24-15)18(21,22)23/h1-4,9-10H,5-8,11-12H2. The number of rotatable bonds is 4. The third-order valence-corrected chi connectivity index (χ3v) is 4.39. The van der Waals surface area contributed by atoms with Gasteiger partial charge < -0.3 is 0 Å². The molecule has 0 unspecified atom stereocenters. The predicted molar refractivity (Wildman–Crippen MR) is 86.2 cm³/mol. The van der Waals surface area contributed by atoms with E-state index in [1.165, 1.54) is 12.1 Å². The Hall–Kier alpha value is -2.06. The summed E-state index contributed by atoms with van der Waals surface area (Å²) >= 11 is 0. The van der Waals surface area contributed by atoms with Gasteiger partial charge in [-0.25, -0.2) is 8.78 Å². The molecule has 140 valence electrons. The van der Waals surface area contributed by atoms with Gasteiger partial charge in [0.25, 0.3) is 0 Å². The normalized spacial score (nSPS) is 16.8. The Bertz CT molecular complexity index is 737. The Morgan fingerprint density at radius 1 is 0.846 bits per heavy atom. The second kappa shape index (κ2) is 7.67. The molecule has 3 nitrogen and oxygen atoms in total. The van der Waals surface area contributed by atoms with Gasteiger partial charge in [-0.05, 0) is 29.8 Å². The van der Waals surface area contributed by atoms with Crippen LogP contribution in [0.4, 0.5) is 22.0 Å². The maximum Gasteiger partial charge on any atom is 0.417 e. The highest BCUT2D eigenvalue weighted by atomic mass is 19.4. The zero-order valence-electron chi connectivity index (χ0n) is 13.9. The zero-order valence-corrected chi connectivity index (χ0v) is 13.9. The summed E-state index contributed by atoms with van der Waals surface area (Å²) in [4.78, 5) is 8.13. The summed E-state index contributed by atoms with van der Waals surface area (Å²) in [6.45, 7) is 3.94. The van der Waals surface area contributed by atoms with Crippen molar-refractivity contribution in [1.29, 1.82) is 0 Å². The van der Waals surface area contributed by atoms with Crippen LogP contribution in [0, 0.1) is 11.6 Å². The van der Waals surface area contributed by atoms with Crippen molar-refractivity contribution in [2.75, 3.05) is 26.2 Å². The van der Waals surface area contributed by atoms with E-state index in [0.717, 1.165) is 44.5 Å². The molecule has 2 heterocycles. The molecule has 2 aromatic rings. The van der Waals surface area contributed by atoms with Crippen LogP contribution in [0.15, 0.2) is 36.5 Å². The van der Waals surface area contributed by atoms with Crippen molar-refractivity contribution in [3.05, 3.63) is 65.0 Å². The highest BCUT2D eigenvalue weighted by Crippen LogP contribution is 2.28. The molecule has 0 atom stereocenters. The fourth-order valence-corrected chi connectivity index (χ4v) is 2.92. The molecule has 0 saturated carbocycles. The molecule has 26 heavy (non-hydrogen) atoms. The fraction of sp³-hybridized carbons (Fsp3) is 0.389. The maximum absolute atomic E-state index is 13.3. The van der Waals surface area contributed by atoms with E-state index in [2.05, 4.69) is 14.8 Å². The van der Waals surface area contributed by atoms with Crippen LogP contribution < -0.4 is 0 Å². The zero-order chi connectivity index (χ0) is 18.7. The fourth-order valence-electron chi connectivity index (χ4n) is 2.92. The molecule has 8 heteroatoms. The molecule has 1 aromatic heterocycles. The molecule has 3 rings (SSSR count). The van der Waals surface area contributed by atoms with Crippen LogP contribution in [0.1, 0.15) is 16.8 Å². The second-order valence-electron chi connectivity index (χ2n) is 6.34. The van der Waals surface area contributed by atoms with E-state index in [0.29, 0.717) is 24.3 Å².